The van der Waals surface area contributed by atoms with Gasteiger partial charge in [0.2, 0.25) is 0 Å². The van der Waals surface area contributed by atoms with E-state index in [0.717, 1.165) is 40.6 Å². The SMILES string of the molecule is CC(C)c1nn(Cc2ccc(-c3ccccc3C(=O)O)cc2)c2ccc(C(=O)NC3CCCC3)cc12. The van der Waals surface area contributed by atoms with E-state index >= 15 is 0 Å². The Morgan fingerprint density at radius 1 is 1.03 bits per heavy atom. The smallest absolute Gasteiger partial charge is 0.336 e. The van der Waals surface area contributed by atoms with Gasteiger partial charge >= 0.3 is 5.97 Å². The zero-order chi connectivity index (χ0) is 25.2. The van der Waals surface area contributed by atoms with Gasteiger partial charge in [-0.3, -0.25) is 9.48 Å². The van der Waals surface area contributed by atoms with Gasteiger partial charge in [-0.25, -0.2) is 4.79 Å². The molecule has 0 radical (unpaired) electrons. The number of nitrogens with zero attached hydrogens (tertiary/aromatic N) is 2. The van der Waals surface area contributed by atoms with Crippen LogP contribution in [-0.4, -0.2) is 32.8 Å². The first-order valence-corrected chi connectivity index (χ1v) is 12.6. The maximum atomic E-state index is 12.9. The minimum atomic E-state index is -0.935. The van der Waals surface area contributed by atoms with Crippen LogP contribution in [0, 0.1) is 0 Å². The van der Waals surface area contributed by atoms with Crippen LogP contribution in [0.5, 0.6) is 0 Å². The van der Waals surface area contributed by atoms with Crippen molar-refractivity contribution in [2.45, 2.75) is 58.0 Å². The predicted molar refractivity (Wildman–Crippen MR) is 141 cm³/mol. The quantitative estimate of drug-likeness (QED) is 0.327. The molecular formula is C30H31N3O3. The summed E-state index contributed by atoms with van der Waals surface area (Å²) in [6.45, 7) is 4.82. The molecule has 1 aliphatic rings. The Bertz CT molecular complexity index is 1410. The average molecular weight is 482 g/mol. The van der Waals surface area contributed by atoms with Crippen molar-refractivity contribution in [3.05, 3.63) is 89.1 Å². The Morgan fingerprint density at radius 3 is 2.44 bits per heavy atom. The van der Waals surface area contributed by atoms with Gasteiger partial charge in [0.1, 0.15) is 0 Å². The molecule has 0 spiro atoms. The van der Waals surface area contributed by atoms with Gasteiger partial charge < -0.3 is 10.4 Å². The highest BCUT2D eigenvalue weighted by atomic mass is 16.4. The molecule has 2 N–H and O–H groups in total. The van der Waals surface area contributed by atoms with Gasteiger partial charge in [0.25, 0.3) is 5.91 Å². The molecule has 1 heterocycles. The molecule has 36 heavy (non-hydrogen) atoms. The number of hydrogen-bond acceptors (Lipinski definition) is 3. The Morgan fingerprint density at radius 2 is 1.75 bits per heavy atom. The summed E-state index contributed by atoms with van der Waals surface area (Å²) in [5, 5.41) is 18.6. The number of carboxylic acids is 1. The van der Waals surface area contributed by atoms with Crippen LogP contribution in [0.1, 0.15) is 77.4 Å². The molecule has 1 aromatic heterocycles. The van der Waals surface area contributed by atoms with Crippen LogP contribution < -0.4 is 5.32 Å². The molecule has 0 bridgehead atoms. The normalized spacial score (nSPS) is 14.0. The van der Waals surface area contributed by atoms with Gasteiger partial charge in [-0.1, -0.05) is 69.2 Å². The molecule has 6 heteroatoms. The van der Waals surface area contributed by atoms with E-state index < -0.39 is 5.97 Å². The van der Waals surface area contributed by atoms with Crippen molar-refractivity contribution in [2.75, 3.05) is 0 Å². The lowest BCUT2D eigenvalue weighted by Crippen LogP contribution is -2.32. The zero-order valence-corrected chi connectivity index (χ0v) is 20.7. The lowest BCUT2D eigenvalue weighted by Gasteiger charge is -2.12. The second-order valence-electron chi connectivity index (χ2n) is 9.93. The number of amides is 1. The Balaban J connectivity index is 1.42. The number of fused-ring (bicyclic) bond motifs is 1. The summed E-state index contributed by atoms with van der Waals surface area (Å²) in [6, 6.07) is 21.1. The third kappa shape index (κ3) is 4.76. The first-order valence-electron chi connectivity index (χ1n) is 12.6. The number of carbonyl (C=O) groups is 2. The van der Waals surface area contributed by atoms with Crippen molar-refractivity contribution >= 4 is 22.8 Å². The van der Waals surface area contributed by atoms with E-state index in [1.165, 1.54) is 12.8 Å². The Labute approximate surface area is 211 Å². The van der Waals surface area contributed by atoms with E-state index in [9.17, 15) is 14.7 Å². The Hall–Kier alpha value is -3.93. The predicted octanol–water partition coefficient (Wildman–Crippen LogP) is 6.25. The maximum Gasteiger partial charge on any atom is 0.336 e. The molecule has 0 unspecified atom stereocenters. The highest BCUT2D eigenvalue weighted by Gasteiger charge is 2.20. The third-order valence-corrected chi connectivity index (χ3v) is 7.03. The van der Waals surface area contributed by atoms with Crippen molar-refractivity contribution in [3.63, 3.8) is 0 Å². The molecule has 6 nitrogen and oxygen atoms in total. The second-order valence-corrected chi connectivity index (χ2v) is 9.93. The molecule has 5 rings (SSSR count). The van der Waals surface area contributed by atoms with Crippen LogP contribution in [0.15, 0.2) is 66.7 Å². The number of carboxylic acid groups (broad SMARTS) is 1. The number of aromatic nitrogens is 2. The molecule has 1 saturated carbocycles. The summed E-state index contributed by atoms with van der Waals surface area (Å²) in [6.07, 6.45) is 4.48. The number of aromatic carboxylic acids is 1. The first-order chi connectivity index (χ1) is 17.4. The first kappa shape index (κ1) is 23.8. The van der Waals surface area contributed by atoms with Crippen LogP contribution >= 0.6 is 0 Å². The topological polar surface area (TPSA) is 84.2 Å². The fourth-order valence-corrected chi connectivity index (χ4v) is 5.12. The summed E-state index contributed by atoms with van der Waals surface area (Å²) >= 11 is 0. The number of benzene rings is 3. The number of nitrogens with one attached hydrogen (secondary N) is 1. The lowest BCUT2D eigenvalue weighted by molar-refractivity contribution is 0.0697. The number of rotatable bonds is 7. The maximum absolute atomic E-state index is 12.9. The van der Waals surface area contributed by atoms with Gasteiger partial charge in [0.15, 0.2) is 0 Å². The summed E-state index contributed by atoms with van der Waals surface area (Å²) in [7, 11) is 0. The van der Waals surface area contributed by atoms with Crippen molar-refractivity contribution < 1.29 is 14.7 Å². The largest absolute Gasteiger partial charge is 0.478 e. The monoisotopic (exact) mass is 481 g/mol. The van der Waals surface area contributed by atoms with Gasteiger partial charge in [0, 0.05) is 17.0 Å². The van der Waals surface area contributed by atoms with E-state index in [-0.39, 0.29) is 23.4 Å². The fraction of sp³-hybridized carbons (Fsp3) is 0.300. The minimum absolute atomic E-state index is 0.0107. The van der Waals surface area contributed by atoms with Crippen LogP contribution in [0.4, 0.5) is 0 Å². The molecule has 184 valence electrons. The van der Waals surface area contributed by atoms with E-state index in [2.05, 4.69) is 19.2 Å². The molecule has 1 amide bonds. The number of carbonyl (C=O) groups excluding carboxylic acids is 1. The van der Waals surface area contributed by atoms with Crippen LogP contribution in [-0.2, 0) is 6.54 Å². The van der Waals surface area contributed by atoms with Gasteiger partial charge in [-0.15, -0.1) is 0 Å². The highest BCUT2D eigenvalue weighted by Crippen LogP contribution is 2.28. The molecular weight excluding hydrogens is 450 g/mol. The molecule has 1 fully saturated rings. The van der Waals surface area contributed by atoms with Gasteiger partial charge in [-0.05, 0) is 59.7 Å². The average Bonchev–Trinajstić information content (AvgIpc) is 3.52. The third-order valence-electron chi connectivity index (χ3n) is 7.03. The lowest BCUT2D eigenvalue weighted by atomic mass is 9.99. The van der Waals surface area contributed by atoms with E-state index in [4.69, 9.17) is 5.10 Å². The summed E-state index contributed by atoms with van der Waals surface area (Å²) < 4.78 is 1.99. The van der Waals surface area contributed by atoms with Crippen molar-refractivity contribution in [2.24, 2.45) is 0 Å². The Kier molecular flexibility index (Phi) is 6.59. The number of hydrogen-bond donors (Lipinski definition) is 2. The van der Waals surface area contributed by atoms with Gasteiger partial charge in [0.05, 0.1) is 23.3 Å². The molecule has 4 aromatic rings. The molecule has 3 aromatic carbocycles. The summed E-state index contributed by atoms with van der Waals surface area (Å²) in [4.78, 5) is 24.5. The van der Waals surface area contributed by atoms with Crippen LogP contribution in [0.25, 0.3) is 22.0 Å². The van der Waals surface area contributed by atoms with Crippen LogP contribution in [0.3, 0.4) is 0 Å². The van der Waals surface area contributed by atoms with Gasteiger partial charge in [-0.2, -0.15) is 5.10 Å². The molecule has 0 atom stereocenters. The van der Waals surface area contributed by atoms with Crippen molar-refractivity contribution in [1.82, 2.24) is 15.1 Å². The van der Waals surface area contributed by atoms with E-state index in [0.29, 0.717) is 17.7 Å². The fourth-order valence-electron chi connectivity index (χ4n) is 5.12. The second kappa shape index (κ2) is 9.97. The summed E-state index contributed by atoms with van der Waals surface area (Å²) in [5.74, 6) is -0.726. The highest BCUT2D eigenvalue weighted by molar-refractivity contribution is 5.99. The molecule has 1 aliphatic carbocycles. The van der Waals surface area contributed by atoms with Crippen molar-refractivity contribution in [1.29, 1.82) is 0 Å². The zero-order valence-electron chi connectivity index (χ0n) is 20.7. The van der Waals surface area contributed by atoms with Crippen molar-refractivity contribution in [3.8, 4) is 11.1 Å². The molecule has 0 aliphatic heterocycles. The summed E-state index contributed by atoms with van der Waals surface area (Å²) in [5.41, 5.74) is 5.57. The van der Waals surface area contributed by atoms with E-state index in [1.54, 1.807) is 12.1 Å². The van der Waals surface area contributed by atoms with Crippen LogP contribution in [0.2, 0.25) is 0 Å². The standard InChI is InChI=1S/C30H31N3O3/c1-19(2)28-26-17-22(29(34)31-23-7-3-4-8-23)15-16-27(26)33(32-28)18-20-11-13-21(14-12-20)24-9-5-6-10-25(24)30(35)36/h5-6,9-17,19,23H,3-4,7-8,18H2,1-2H3,(H,31,34)(H,35,36). The van der Waals surface area contributed by atoms with E-state index in [1.807, 2.05) is 59.3 Å². The molecule has 0 saturated heterocycles. The minimum Gasteiger partial charge on any atom is -0.478 e.